The molecule has 21 heavy (non-hydrogen) atoms. The van der Waals surface area contributed by atoms with Gasteiger partial charge in [0.15, 0.2) is 0 Å². The van der Waals surface area contributed by atoms with E-state index >= 15 is 0 Å². The van der Waals surface area contributed by atoms with Gasteiger partial charge in [-0.25, -0.2) is 0 Å². The van der Waals surface area contributed by atoms with Gasteiger partial charge in [0.1, 0.15) is 6.04 Å². The summed E-state index contributed by atoms with van der Waals surface area (Å²) >= 11 is 6.02. The number of amides is 2. The molecule has 0 aliphatic rings. The topological polar surface area (TPSA) is 72.2 Å². The molecule has 2 unspecified atom stereocenters. The Morgan fingerprint density at radius 2 is 2.10 bits per heavy atom. The standard InChI is InChI=1S/C16H21ClN2O2/c1-4-10(2)15(16(18)21)19-14(20)8-7-12-6-5-11(3)13(17)9-12/h5-10,15H,4H2,1-3H3,(H2,18,21)(H,19,20). The molecule has 114 valence electrons. The molecular formula is C16H21ClN2O2. The van der Waals surface area contributed by atoms with Crippen molar-refractivity contribution in [2.24, 2.45) is 11.7 Å². The highest BCUT2D eigenvalue weighted by Crippen LogP contribution is 2.17. The molecule has 4 nitrogen and oxygen atoms in total. The Kier molecular flexibility index (Phi) is 6.43. The smallest absolute Gasteiger partial charge is 0.244 e. The molecule has 0 fully saturated rings. The lowest BCUT2D eigenvalue weighted by atomic mass is 9.98. The van der Waals surface area contributed by atoms with Gasteiger partial charge in [-0.2, -0.15) is 0 Å². The van der Waals surface area contributed by atoms with Gasteiger partial charge in [-0.1, -0.05) is 44.0 Å². The fourth-order valence-corrected chi connectivity index (χ4v) is 2.00. The van der Waals surface area contributed by atoms with Crippen molar-refractivity contribution in [3.63, 3.8) is 0 Å². The van der Waals surface area contributed by atoms with E-state index in [2.05, 4.69) is 5.32 Å². The average molecular weight is 309 g/mol. The van der Waals surface area contributed by atoms with Crippen molar-refractivity contribution in [2.45, 2.75) is 33.2 Å². The van der Waals surface area contributed by atoms with Crippen LogP contribution < -0.4 is 11.1 Å². The molecule has 0 spiro atoms. The lowest BCUT2D eigenvalue weighted by Crippen LogP contribution is -2.47. The molecule has 0 saturated carbocycles. The van der Waals surface area contributed by atoms with Crippen molar-refractivity contribution >= 4 is 29.5 Å². The van der Waals surface area contributed by atoms with E-state index in [-0.39, 0.29) is 11.8 Å². The molecule has 1 aromatic carbocycles. The number of aryl methyl sites for hydroxylation is 1. The molecule has 3 N–H and O–H groups in total. The van der Waals surface area contributed by atoms with Gasteiger partial charge in [0.05, 0.1) is 0 Å². The predicted molar refractivity (Wildman–Crippen MR) is 85.8 cm³/mol. The van der Waals surface area contributed by atoms with Crippen molar-refractivity contribution in [1.29, 1.82) is 0 Å². The molecule has 0 heterocycles. The Morgan fingerprint density at radius 1 is 1.43 bits per heavy atom. The first-order chi connectivity index (χ1) is 9.85. The van der Waals surface area contributed by atoms with Gasteiger partial charge in [-0.05, 0) is 36.1 Å². The van der Waals surface area contributed by atoms with Crippen molar-refractivity contribution in [2.75, 3.05) is 0 Å². The number of benzene rings is 1. The maximum absolute atomic E-state index is 11.9. The van der Waals surface area contributed by atoms with Crippen LogP contribution in [0.3, 0.4) is 0 Å². The number of rotatable bonds is 6. The lowest BCUT2D eigenvalue weighted by Gasteiger charge is -2.20. The molecule has 0 aromatic heterocycles. The predicted octanol–water partition coefficient (Wildman–Crippen LogP) is 2.68. The van der Waals surface area contributed by atoms with Gasteiger partial charge in [-0.15, -0.1) is 0 Å². The number of hydrogen-bond acceptors (Lipinski definition) is 2. The quantitative estimate of drug-likeness (QED) is 0.793. The summed E-state index contributed by atoms with van der Waals surface area (Å²) in [5.41, 5.74) is 7.11. The van der Waals surface area contributed by atoms with Gasteiger partial charge >= 0.3 is 0 Å². The van der Waals surface area contributed by atoms with Crippen molar-refractivity contribution in [3.05, 3.63) is 40.4 Å². The summed E-state index contributed by atoms with van der Waals surface area (Å²) in [7, 11) is 0. The van der Waals surface area contributed by atoms with Crippen LogP contribution in [0.2, 0.25) is 5.02 Å². The number of nitrogens with two attached hydrogens (primary N) is 1. The minimum Gasteiger partial charge on any atom is -0.368 e. The zero-order chi connectivity index (χ0) is 16.0. The molecule has 1 aromatic rings. The van der Waals surface area contributed by atoms with E-state index in [1.807, 2.05) is 32.9 Å². The van der Waals surface area contributed by atoms with E-state index in [4.69, 9.17) is 17.3 Å². The number of halogens is 1. The van der Waals surface area contributed by atoms with Crippen LogP contribution in [-0.2, 0) is 9.59 Å². The van der Waals surface area contributed by atoms with E-state index in [1.54, 1.807) is 12.1 Å². The van der Waals surface area contributed by atoms with Gasteiger partial charge in [0, 0.05) is 11.1 Å². The normalized spacial score (nSPS) is 13.9. The third-order valence-electron chi connectivity index (χ3n) is 3.44. The van der Waals surface area contributed by atoms with Crippen molar-refractivity contribution in [3.8, 4) is 0 Å². The second-order valence-electron chi connectivity index (χ2n) is 5.12. The Labute approximate surface area is 130 Å². The molecule has 5 heteroatoms. The van der Waals surface area contributed by atoms with Crippen LogP contribution in [0.15, 0.2) is 24.3 Å². The molecule has 2 atom stereocenters. The Morgan fingerprint density at radius 3 is 2.62 bits per heavy atom. The number of primary amides is 1. The highest BCUT2D eigenvalue weighted by Gasteiger charge is 2.22. The second-order valence-corrected chi connectivity index (χ2v) is 5.52. The van der Waals surface area contributed by atoms with Gasteiger partial charge in [0.2, 0.25) is 11.8 Å². The molecule has 0 aliphatic heterocycles. The lowest BCUT2D eigenvalue weighted by molar-refractivity contribution is -0.126. The van der Waals surface area contributed by atoms with Gasteiger partial charge in [0.25, 0.3) is 0 Å². The Bertz CT molecular complexity index is 555. The number of hydrogen-bond donors (Lipinski definition) is 2. The first-order valence-electron chi connectivity index (χ1n) is 6.89. The largest absolute Gasteiger partial charge is 0.368 e. The van der Waals surface area contributed by atoms with Crippen LogP contribution in [0, 0.1) is 12.8 Å². The number of carbonyl (C=O) groups is 2. The van der Waals surface area contributed by atoms with E-state index in [1.165, 1.54) is 6.08 Å². The number of nitrogens with one attached hydrogen (secondary N) is 1. The zero-order valence-corrected chi connectivity index (χ0v) is 13.3. The SMILES string of the molecule is CCC(C)C(NC(=O)C=Cc1ccc(C)c(Cl)c1)C(N)=O. The van der Waals surface area contributed by atoms with Crippen LogP contribution in [0.25, 0.3) is 6.08 Å². The summed E-state index contributed by atoms with van der Waals surface area (Å²) in [6.45, 7) is 5.72. The minimum absolute atomic E-state index is 0.00586. The summed E-state index contributed by atoms with van der Waals surface area (Å²) in [5, 5.41) is 3.28. The van der Waals surface area contributed by atoms with Crippen LogP contribution >= 0.6 is 11.6 Å². The second kappa shape index (κ2) is 7.84. The summed E-state index contributed by atoms with van der Waals surface area (Å²) in [6, 6.07) is 4.87. The molecule has 0 radical (unpaired) electrons. The van der Waals surface area contributed by atoms with Crippen molar-refractivity contribution < 1.29 is 9.59 Å². The Balaban J connectivity index is 2.73. The Hall–Kier alpha value is -1.81. The third-order valence-corrected chi connectivity index (χ3v) is 3.85. The fourth-order valence-electron chi connectivity index (χ4n) is 1.82. The van der Waals surface area contributed by atoms with E-state index in [9.17, 15) is 9.59 Å². The third kappa shape index (κ3) is 5.23. The van der Waals surface area contributed by atoms with Crippen molar-refractivity contribution in [1.82, 2.24) is 5.32 Å². The zero-order valence-electron chi connectivity index (χ0n) is 12.5. The van der Waals surface area contributed by atoms with Crippen LogP contribution in [-0.4, -0.2) is 17.9 Å². The molecule has 0 aliphatic carbocycles. The maximum atomic E-state index is 11.9. The van der Waals surface area contributed by atoms with Crippen LogP contribution in [0.5, 0.6) is 0 Å². The summed E-state index contributed by atoms with van der Waals surface area (Å²) < 4.78 is 0. The molecule has 0 bridgehead atoms. The van der Waals surface area contributed by atoms with E-state index < -0.39 is 11.9 Å². The number of carbonyl (C=O) groups excluding carboxylic acids is 2. The summed E-state index contributed by atoms with van der Waals surface area (Å²) in [6.07, 6.45) is 3.78. The van der Waals surface area contributed by atoms with E-state index in [0.717, 1.165) is 17.5 Å². The van der Waals surface area contributed by atoms with Gasteiger partial charge < -0.3 is 11.1 Å². The highest BCUT2D eigenvalue weighted by atomic mass is 35.5. The summed E-state index contributed by atoms with van der Waals surface area (Å²) in [5.74, 6) is -0.881. The molecule has 0 saturated heterocycles. The van der Waals surface area contributed by atoms with Crippen LogP contribution in [0.4, 0.5) is 0 Å². The highest BCUT2D eigenvalue weighted by molar-refractivity contribution is 6.31. The fraction of sp³-hybridized carbons (Fsp3) is 0.375. The summed E-state index contributed by atoms with van der Waals surface area (Å²) in [4.78, 5) is 23.2. The maximum Gasteiger partial charge on any atom is 0.244 e. The first kappa shape index (κ1) is 17.2. The molecule has 1 rings (SSSR count). The molecular weight excluding hydrogens is 288 g/mol. The minimum atomic E-state index is -0.659. The molecule has 2 amide bonds. The van der Waals surface area contributed by atoms with E-state index in [0.29, 0.717) is 5.02 Å². The monoisotopic (exact) mass is 308 g/mol. The van der Waals surface area contributed by atoms with Gasteiger partial charge in [-0.3, -0.25) is 9.59 Å². The average Bonchev–Trinajstić information content (AvgIpc) is 2.44. The van der Waals surface area contributed by atoms with Crippen LogP contribution in [0.1, 0.15) is 31.4 Å². The first-order valence-corrected chi connectivity index (χ1v) is 7.27.